The fourth-order valence-electron chi connectivity index (χ4n) is 1.84. The summed E-state index contributed by atoms with van der Waals surface area (Å²) in [5.74, 6) is 2.52. The van der Waals surface area contributed by atoms with Crippen molar-refractivity contribution in [3.05, 3.63) is 28.8 Å². The molecule has 0 amide bonds. The van der Waals surface area contributed by atoms with Crippen molar-refractivity contribution in [1.29, 1.82) is 0 Å². The SMILES string of the molecule is C#CCNc1ccnc2sc3c(=O)[nH]ncc3c12. The Labute approximate surface area is 106 Å². The number of anilines is 1. The van der Waals surface area contributed by atoms with Crippen molar-refractivity contribution in [3.63, 3.8) is 0 Å². The van der Waals surface area contributed by atoms with E-state index >= 15 is 0 Å². The normalized spacial score (nSPS) is 10.6. The highest BCUT2D eigenvalue weighted by atomic mass is 32.1. The number of nitrogens with zero attached hydrogens (tertiary/aromatic N) is 2. The molecule has 0 saturated heterocycles. The van der Waals surface area contributed by atoms with Gasteiger partial charge in [0.1, 0.15) is 9.53 Å². The molecule has 0 saturated carbocycles. The van der Waals surface area contributed by atoms with E-state index in [0.717, 1.165) is 21.3 Å². The second-order valence-electron chi connectivity index (χ2n) is 3.64. The van der Waals surface area contributed by atoms with E-state index in [1.54, 1.807) is 12.4 Å². The second-order valence-corrected chi connectivity index (χ2v) is 4.64. The second kappa shape index (κ2) is 4.13. The average molecular weight is 256 g/mol. The van der Waals surface area contributed by atoms with Crippen molar-refractivity contribution in [1.82, 2.24) is 15.2 Å². The van der Waals surface area contributed by atoms with Crippen molar-refractivity contribution < 1.29 is 0 Å². The van der Waals surface area contributed by atoms with Crippen LogP contribution in [0.5, 0.6) is 0 Å². The number of hydrogen-bond donors (Lipinski definition) is 2. The molecule has 0 aliphatic heterocycles. The molecule has 3 heterocycles. The van der Waals surface area contributed by atoms with Gasteiger partial charge in [-0.15, -0.1) is 17.8 Å². The quantitative estimate of drug-likeness (QED) is 0.683. The summed E-state index contributed by atoms with van der Waals surface area (Å²) in [6, 6.07) is 1.84. The predicted molar refractivity (Wildman–Crippen MR) is 72.9 cm³/mol. The molecule has 2 N–H and O–H groups in total. The van der Waals surface area contributed by atoms with Gasteiger partial charge >= 0.3 is 0 Å². The minimum atomic E-state index is -0.196. The van der Waals surface area contributed by atoms with Crippen molar-refractivity contribution in [2.75, 3.05) is 11.9 Å². The smallest absolute Gasteiger partial charge is 0.282 e. The summed E-state index contributed by atoms with van der Waals surface area (Å²) >= 11 is 1.35. The summed E-state index contributed by atoms with van der Waals surface area (Å²) in [6.45, 7) is 0.424. The molecule has 0 fully saturated rings. The van der Waals surface area contributed by atoms with E-state index in [0.29, 0.717) is 11.2 Å². The molecule has 6 heteroatoms. The molecule has 0 aliphatic carbocycles. The first-order valence-electron chi connectivity index (χ1n) is 5.23. The number of aromatic nitrogens is 3. The molecule has 0 aliphatic rings. The molecule has 5 nitrogen and oxygen atoms in total. The molecule has 18 heavy (non-hydrogen) atoms. The molecule has 0 unspecified atom stereocenters. The number of pyridine rings is 1. The van der Waals surface area contributed by atoms with Gasteiger partial charge in [-0.1, -0.05) is 5.92 Å². The van der Waals surface area contributed by atoms with Crippen molar-refractivity contribution in [2.45, 2.75) is 0 Å². The molecular formula is C12H8N4OS. The molecule has 3 rings (SSSR count). The zero-order chi connectivity index (χ0) is 12.5. The summed E-state index contributed by atoms with van der Waals surface area (Å²) in [7, 11) is 0. The maximum absolute atomic E-state index is 11.7. The van der Waals surface area contributed by atoms with Gasteiger partial charge in [0, 0.05) is 22.7 Å². The van der Waals surface area contributed by atoms with Gasteiger partial charge in [0.15, 0.2) is 0 Å². The fourth-order valence-corrected chi connectivity index (χ4v) is 2.87. The number of thiophene rings is 1. The highest BCUT2D eigenvalue weighted by Crippen LogP contribution is 2.34. The monoisotopic (exact) mass is 256 g/mol. The van der Waals surface area contributed by atoms with Crippen LogP contribution < -0.4 is 10.9 Å². The van der Waals surface area contributed by atoms with Crippen LogP contribution in [0.1, 0.15) is 0 Å². The third-order valence-corrected chi connectivity index (χ3v) is 3.69. The zero-order valence-corrected chi connectivity index (χ0v) is 10.0. The third-order valence-electron chi connectivity index (χ3n) is 2.58. The number of nitrogens with one attached hydrogen (secondary N) is 2. The summed E-state index contributed by atoms with van der Waals surface area (Å²) in [5, 5.41) is 11.1. The highest BCUT2D eigenvalue weighted by Gasteiger charge is 2.12. The van der Waals surface area contributed by atoms with E-state index < -0.39 is 0 Å². The van der Waals surface area contributed by atoms with Crippen LogP contribution in [-0.2, 0) is 0 Å². The Bertz CT molecular complexity index is 827. The van der Waals surface area contributed by atoms with E-state index in [1.807, 2.05) is 6.07 Å². The standard InChI is InChI=1S/C12H8N4OS/c1-2-4-13-8-3-5-14-12-9(8)7-6-15-16-11(17)10(7)18-12/h1,3,5-6H,4H2,(H,13,14)(H,16,17). The van der Waals surface area contributed by atoms with E-state index in [4.69, 9.17) is 6.42 Å². The Morgan fingerprint density at radius 3 is 3.28 bits per heavy atom. The number of hydrogen-bond acceptors (Lipinski definition) is 5. The lowest BCUT2D eigenvalue weighted by Crippen LogP contribution is -2.05. The molecule has 3 aromatic rings. The van der Waals surface area contributed by atoms with Gasteiger partial charge in [-0.2, -0.15) is 5.10 Å². The number of fused-ring (bicyclic) bond motifs is 3. The molecule has 88 valence electrons. The first-order chi connectivity index (χ1) is 8.81. The van der Waals surface area contributed by atoms with Crippen LogP contribution in [0.3, 0.4) is 0 Å². The first-order valence-corrected chi connectivity index (χ1v) is 6.05. The summed E-state index contributed by atoms with van der Waals surface area (Å²) < 4.78 is 0.627. The van der Waals surface area contributed by atoms with E-state index in [1.165, 1.54) is 11.3 Å². The van der Waals surface area contributed by atoms with Crippen LogP contribution in [0.4, 0.5) is 5.69 Å². The number of H-pyrrole nitrogens is 1. The van der Waals surface area contributed by atoms with Crippen molar-refractivity contribution >= 4 is 37.3 Å². The Hall–Kier alpha value is -2.39. The van der Waals surface area contributed by atoms with Crippen molar-refractivity contribution in [2.24, 2.45) is 0 Å². The summed E-state index contributed by atoms with van der Waals surface area (Å²) in [4.78, 5) is 16.8. The maximum atomic E-state index is 11.7. The molecule has 3 aromatic heterocycles. The van der Waals surface area contributed by atoms with E-state index in [9.17, 15) is 4.79 Å². The largest absolute Gasteiger partial charge is 0.374 e. The van der Waals surface area contributed by atoms with Crippen molar-refractivity contribution in [3.8, 4) is 12.3 Å². The van der Waals surface area contributed by atoms with Crippen LogP contribution in [0, 0.1) is 12.3 Å². The molecule has 0 radical (unpaired) electrons. The van der Waals surface area contributed by atoms with Crippen LogP contribution in [0.15, 0.2) is 23.3 Å². The van der Waals surface area contributed by atoms with Gasteiger partial charge in [-0.25, -0.2) is 10.1 Å². The summed E-state index contributed by atoms with van der Waals surface area (Å²) in [6.07, 6.45) is 8.57. The van der Waals surface area contributed by atoms with Gasteiger partial charge in [-0.05, 0) is 6.07 Å². The molecule has 0 atom stereocenters. The van der Waals surface area contributed by atoms with Gasteiger partial charge < -0.3 is 5.32 Å². The lowest BCUT2D eigenvalue weighted by Gasteiger charge is -2.03. The lowest BCUT2D eigenvalue weighted by molar-refractivity contribution is 1.01. The third kappa shape index (κ3) is 1.53. The molecule has 0 bridgehead atoms. The van der Waals surface area contributed by atoms with Gasteiger partial charge in [0.05, 0.1) is 12.7 Å². The van der Waals surface area contributed by atoms with Gasteiger partial charge in [0.2, 0.25) is 0 Å². The van der Waals surface area contributed by atoms with Gasteiger partial charge in [-0.3, -0.25) is 4.79 Å². The van der Waals surface area contributed by atoms with Crippen LogP contribution in [-0.4, -0.2) is 21.7 Å². The Morgan fingerprint density at radius 1 is 1.56 bits per heavy atom. The fraction of sp³-hybridized carbons (Fsp3) is 0.0833. The number of terminal acetylenes is 1. The van der Waals surface area contributed by atoms with E-state index in [-0.39, 0.29) is 5.56 Å². The lowest BCUT2D eigenvalue weighted by atomic mass is 10.2. The Kier molecular flexibility index (Phi) is 2.46. The molecule has 0 aromatic carbocycles. The minimum absolute atomic E-state index is 0.196. The Balaban J connectivity index is 2.39. The van der Waals surface area contributed by atoms with Gasteiger partial charge in [0.25, 0.3) is 5.56 Å². The van der Waals surface area contributed by atoms with Crippen LogP contribution in [0.2, 0.25) is 0 Å². The molecule has 0 spiro atoms. The number of rotatable bonds is 2. The predicted octanol–water partition coefficient (Wildman–Crippen LogP) is 1.58. The minimum Gasteiger partial charge on any atom is -0.374 e. The van der Waals surface area contributed by atoms with Crippen LogP contribution >= 0.6 is 11.3 Å². The zero-order valence-electron chi connectivity index (χ0n) is 9.23. The van der Waals surface area contributed by atoms with E-state index in [2.05, 4.69) is 26.4 Å². The number of aromatic amines is 1. The average Bonchev–Trinajstić information content (AvgIpc) is 2.77. The molecular weight excluding hydrogens is 248 g/mol. The maximum Gasteiger partial charge on any atom is 0.282 e. The van der Waals surface area contributed by atoms with Crippen LogP contribution in [0.25, 0.3) is 20.3 Å². The summed E-state index contributed by atoms with van der Waals surface area (Å²) in [5.41, 5.74) is 0.676. The topological polar surface area (TPSA) is 70.7 Å². The Morgan fingerprint density at radius 2 is 2.44 bits per heavy atom. The highest BCUT2D eigenvalue weighted by molar-refractivity contribution is 7.25. The first kappa shape index (κ1) is 10.7.